The predicted molar refractivity (Wildman–Crippen MR) is 159 cm³/mol. The van der Waals surface area contributed by atoms with Crippen LogP contribution in [0.2, 0.25) is 0 Å². The maximum atomic E-state index is 14.0. The Morgan fingerprint density at radius 3 is 1.76 bits per heavy atom. The summed E-state index contributed by atoms with van der Waals surface area (Å²) >= 11 is 0. The van der Waals surface area contributed by atoms with E-state index in [1.165, 1.54) is 24.3 Å². The van der Waals surface area contributed by atoms with Gasteiger partial charge < -0.3 is 24.8 Å². The number of benzene rings is 3. The van der Waals surface area contributed by atoms with Gasteiger partial charge in [-0.05, 0) is 119 Å². The summed E-state index contributed by atoms with van der Waals surface area (Å²) in [5.74, 6) is -0.306. The SMILES string of the molecule is CC(C)(C)OC(=O)NCCCC(COc1cc(-c2cccc(F)c2)cc(-c2cccc(F)c2)c1)NC(=O)OC(C)(C)C. The van der Waals surface area contributed by atoms with Crippen molar-refractivity contribution >= 4 is 12.2 Å². The van der Waals surface area contributed by atoms with Crippen LogP contribution in [-0.4, -0.2) is 42.6 Å². The first-order valence-electron chi connectivity index (χ1n) is 13.9. The van der Waals surface area contributed by atoms with Crippen LogP contribution in [0.3, 0.4) is 0 Å². The molecule has 3 rings (SSSR count). The molecule has 0 radical (unpaired) electrons. The number of halogens is 2. The molecule has 0 aliphatic carbocycles. The fraction of sp³-hybridized carbons (Fsp3) is 0.394. The van der Waals surface area contributed by atoms with Gasteiger partial charge in [-0.15, -0.1) is 0 Å². The number of carbonyl (C=O) groups excluding carboxylic acids is 2. The van der Waals surface area contributed by atoms with E-state index in [9.17, 15) is 18.4 Å². The zero-order valence-electron chi connectivity index (χ0n) is 25.1. The molecule has 226 valence electrons. The molecule has 9 heteroatoms. The largest absolute Gasteiger partial charge is 0.491 e. The van der Waals surface area contributed by atoms with Crippen molar-refractivity contribution in [3.05, 3.63) is 78.4 Å². The first-order valence-corrected chi connectivity index (χ1v) is 13.9. The summed E-state index contributed by atoms with van der Waals surface area (Å²) in [4.78, 5) is 24.6. The molecule has 0 heterocycles. The van der Waals surface area contributed by atoms with E-state index >= 15 is 0 Å². The summed E-state index contributed by atoms with van der Waals surface area (Å²) in [5.41, 5.74) is 1.34. The second-order valence-electron chi connectivity index (χ2n) is 12.0. The van der Waals surface area contributed by atoms with E-state index < -0.39 is 29.4 Å². The number of alkyl carbamates (subject to hydrolysis) is 2. The lowest BCUT2D eigenvalue weighted by Gasteiger charge is -2.24. The Kier molecular flexibility index (Phi) is 10.9. The predicted octanol–water partition coefficient (Wildman–Crippen LogP) is 7.88. The molecule has 0 aliphatic heterocycles. The number of rotatable bonds is 10. The van der Waals surface area contributed by atoms with E-state index in [0.717, 1.165) is 0 Å². The van der Waals surface area contributed by atoms with Crippen molar-refractivity contribution in [2.24, 2.45) is 0 Å². The van der Waals surface area contributed by atoms with Crippen LogP contribution in [0.25, 0.3) is 22.3 Å². The third-order valence-corrected chi connectivity index (χ3v) is 5.79. The Hall–Kier alpha value is -4.14. The fourth-order valence-corrected chi connectivity index (χ4v) is 4.07. The Balaban J connectivity index is 1.79. The van der Waals surface area contributed by atoms with Gasteiger partial charge in [-0.25, -0.2) is 18.4 Å². The minimum absolute atomic E-state index is 0.0842. The van der Waals surface area contributed by atoms with Crippen LogP contribution < -0.4 is 15.4 Å². The fourth-order valence-electron chi connectivity index (χ4n) is 4.07. The third kappa shape index (κ3) is 11.4. The monoisotopic (exact) mass is 582 g/mol. The highest BCUT2D eigenvalue weighted by atomic mass is 19.1. The average molecular weight is 583 g/mol. The number of hydrogen-bond donors (Lipinski definition) is 2. The molecule has 0 fully saturated rings. The molecule has 1 atom stereocenters. The Morgan fingerprint density at radius 1 is 0.738 bits per heavy atom. The van der Waals surface area contributed by atoms with Gasteiger partial charge in [-0.1, -0.05) is 24.3 Å². The highest BCUT2D eigenvalue weighted by molar-refractivity contribution is 5.75. The lowest BCUT2D eigenvalue weighted by atomic mass is 9.98. The van der Waals surface area contributed by atoms with Gasteiger partial charge in [-0.2, -0.15) is 0 Å². The summed E-state index contributed by atoms with van der Waals surface area (Å²) in [6.45, 7) is 11.1. The van der Waals surface area contributed by atoms with Crippen LogP contribution in [0.15, 0.2) is 66.7 Å². The Morgan fingerprint density at radius 2 is 1.26 bits per heavy atom. The average Bonchev–Trinajstić information content (AvgIpc) is 2.87. The van der Waals surface area contributed by atoms with Crippen molar-refractivity contribution in [3.8, 4) is 28.0 Å². The van der Waals surface area contributed by atoms with Crippen molar-refractivity contribution in [2.75, 3.05) is 13.2 Å². The van der Waals surface area contributed by atoms with Crippen LogP contribution in [0, 0.1) is 11.6 Å². The number of amides is 2. The Bertz CT molecular complexity index is 1300. The van der Waals surface area contributed by atoms with Gasteiger partial charge in [0.15, 0.2) is 0 Å². The topological polar surface area (TPSA) is 85.9 Å². The van der Waals surface area contributed by atoms with Gasteiger partial charge in [0.25, 0.3) is 0 Å². The first-order chi connectivity index (χ1) is 19.7. The zero-order chi connectivity index (χ0) is 30.9. The number of carbonyl (C=O) groups is 2. The van der Waals surface area contributed by atoms with Crippen molar-refractivity contribution in [1.82, 2.24) is 10.6 Å². The van der Waals surface area contributed by atoms with E-state index in [2.05, 4.69) is 10.6 Å². The number of nitrogens with one attached hydrogen (secondary N) is 2. The van der Waals surface area contributed by atoms with Crippen LogP contribution in [0.5, 0.6) is 5.75 Å². The van der Waals surface area contributed by atoms with Crippen LogP contribution >= 0.6 is 0 Å². The summed E-state index contributed by atoms with van der Waals surface area (Å²) in [7, 11) is 0. The second kappa shape index (κ2) is 14.2. The molecule has 0 bridgehead atoms. The molecule has 3 aromatic rings. The van der Waals surface area contributed by atoms with Crippen molar-refractivity contribution < 1.29 is 32.6 Å². The summed E-state index contributed by atoms with van der Waals surface area (Å²) < 4.78 is 44.9. The normalized spacial score (nSPS) is 12.3. The molecule has 0 aliphatic rings. The van der Waals surface area contributed by atoms with E-state index in [1.54, 1.807) is 77.9 Å². The minimum atomic E-state index is -0.688. The van der Waals surface area contributed by atoms with Gasteiger partial charge in [0.05, 0.1) is 6.04 Å². The van der Waals surface area contributed by atoms with Crippen LogP contribution in [-0.2, 0) is 9.47 Å². The molecule has 7 nitrogen and oxygen atoms in total. The van der Waals surface area contributed by atoms with Crippen LogP contribution in [0.4, 0.5) is 18.4 Å². The van der Waals surface area contributed by atoms with Gasteiger partial charge in [0.2, 0.25) is 0 Å². The Labute approximate surface area is 246 Å². The molecule has 1 unspecified atom stereocenters. The molecule has 0 saturated carbocycles. The zero-order valence-corrected chi connectivity index (χ0v) is 25.1. The molecular weight excluding hydrogens is 542 g/mol. The lowest BCUT2D eigenvalue weighted by Crippen LogP contribution is -2.42. The maximum absolute atomic E-state index is 14.0. The standard InChI is InChI=1S/C33H40F2N2O5/c1-32(2,3)41-30(38)36-15-9-14-28(37-31(39)42-33(4,5)6)21-40-29-19-24(22-10-7-12-26(34)17-22)16-25(20-29)23-11-8-13-27(35)18-23/h7-8,10-13,16-20,28H,9,14-15,21H2,1-6H3,(H,36,38)(H,37,39). The molecule has 2 N–H and O–H groups in total. The molecule has 42 heavy (non-hydrogen) atoms. The molecule has 0 saturated heterocycles. The van der Waals surface area contributed by atoms with Gasteiger partial charge in [0.1, 0.15) is 35.2 Å². The number of ether oxygens (including phenoxy) is 3. The van der Waals surface area contributed by atoms with E-state index in [0.29, 0.717) is 47.4 Å². The summed E-state index contributed by atoms with van der Waals surface area (Å²) in [6.07, 6.45) is -0.115. The number of hydrogen-bond acceptors (Lipinski definition) is 5. The van der Waals surface area contributed by atoms with Crippen LogP contribution in [0.1, 0.15) is 54.4 Å². The molecule has 2 amide bonds. The summed E-state index contributed by atoms with van der Waals surface area (Å²) in [6, 6.07) is 17.3. The maximum Gasteiger partial charge on any atom is 0.407 e. The molecule has 0 aromatic heterocycles. The molecule has 0 spiro atoms. The molecule has 3 aromatic carbocycles. The summed E-state index contributed by atoms with van der Waals surface area (Å²) in [5, 5.41) is 5.56. The molecular formula is C33H40F2N2O5. The van der Waals surface area contributed by atoms with E-state index in [-0.39, 0.29) is 18.2 Å². The highest BCUT2D eigenvalue weighted by Crippen LogP contribution is 2.32. The van der Waals surface area contributed by atoms with Gasteiger partial charge in [0, 0.05) is 6.54 Å². The smallest absolute Gasteiger partial charge is 0.407 e. The van der Waals surface area contributed by atoms with Gasteiger partial charge in [-0.3, -0.25) is 0 Å². The third-order valence-electron chi connectivity index (χ3n) is 5.79. The van der Waals surface area contributed by atoms with Crippen molar-refractivity contribution in [3.63, 3.8) is 0 Å². The minimum Gasteiger partial charge on any atom is -0.491 e. The first kappa shape index (κ1) is 32.4. The second-order valence-corrected chi connectivity index (χ2v) is 12.0. The van der Waals surface area contributed by atoms with Crippen molar-refractivity contribution in [2.45, 2.75) is 71.6 Å². The highest BCUT2D eigenvalue weighted by Gasteiger charge is 2.21. The van der Waals surface area contributed by atoms with Crippen molar-refractivity contribution in [1.29, 1.82) is 0 Å². The van der Waals surface area contributed by atoms with E-state index in [4.69, 9.17) is 14.2 Å². The lowest BCUT2D eigenvalue weighted by molar-refractivity contribution is 0.0473. The van der Waals surface area contributed by atoms with E-state index in [1.807, 2.05) is 6.07 Å². The van der Waals surface area contributed by atoms with Gasteiger partial charge >= 0.3 is 12.2 Å². The quantitative estimate of drug-likeness (QED) is 0.238.